The van der Waals surface area contributed by atoms with Crippen LogP contribution >= 0.6 is 22.7 Å². The highest BCUT2D eigenvalue weighted by atomic mass is 32.1. The molecule has 0 atom stereocenters. The van der Waals surface area contributed by atoms with Crippen molar-refractivity contribution in [1.29, 1.82) is 0 Å². The standard InChI is InChI=1S/C81H48N6OS2/c1-2-18-60(19-3-1)87-72-38-35-58(80-83-68(52-30-26-49(27-31-52)59-17-12-40-82-48-59)46-70(85-80)77-44-56-14-5-8-24-75(56)89-77)42-66(72)63-37-34-55(43-73(63)87)54-36-39-74-67(41-54)64-22-11-23-65(79(64)88-74)81-84-69(47-71(86-81)78-45-57-15-6-9-25-76(57)90-78)53-32-28-51(29-33-53)62-21-10-16-50-13-4-7-20-61(50)62/h1-48H. The molecule has 0 saturated carbocycles. The second-order valence-electron chi connectivity index (χ2n) is 22.8. The number of nitrogens with zero attached hydrogens (tertiary/aromatic N) is 6. The summed E-state index contributed by atoms with van der Waals surface area (Å²) in [6.07, 6.45) is 3.70. The van der Waals surface area contributed by atoms with E-state index < -0.39 is 0 Å². The molecule has 0 saturated heterocycles. The average Bonchev–Trinajstić information content (AvgIpc) is 1.94. The molecule has 18 rings (SSSR count). The van der Waals surface area contributed by atoms with Crippen LogP contribution in [0.3, 0.4) is 0 Å². The van der Waals surface area contributed by atoms with Crippen molar-refractivity contribution in [3.63, 3.8) is 0 Å². The van der Waals surface area contributed by atoms with Gasteiger partial charge in [-0.05, 0) is 152 Å². The number of aromatic nitrogens is 6. The number of fused-ring (bicyclic) bond motifs is 9. The van der Waals surface area contributed by atoms with Crippen LogP contribution in [-0.4, -0.2) is 29.5 Å². The van der Waals surface area contributed by atoms with Gasteiger partial charge in [0, 0.05) is 65.7 Å². The fraction of sp³-hybridized carbons (Fsp3) is 0. The van der Waals surface area contributed by atoms with Crippen molar-refractivity contribution in [2.45, 2.75) is 0 Å². The minimum absolute atomic E-state index is 0.605. The fourth-order valence-corrected chi connectivity index (χ4v) is 15.0. The minimum Gasteiger partial charge on any atom is -0.455 e. The first-order valence-corrected chi connectivity index (χ1v) is 31.6. The zero-order chi connectivity index (χ0) is 59.2. The molecule has 0 spiro atoms. The van der Waals surface area contributed by atoms with Crippen LogP contribution in [0.4, 0.5) is 0 Å². The summed E-state index contributed by atoms with van der Waals surface area (Å²) in [5.41, 5.74) is 18.7. The molecule has 90 heavy (non-hydrogen) atoms. The van der Waals surface area contributed by atoms with Gasteiger partial charge >= 0.3 is 0 Å². The van der Waals surface area contributed by atoms with Gasteiger partial charge in [0.1, 0.15) is 11.2 Å². The van der Waals surface area contributed by atoms with E-state index in [2.05, 4.69) is 283 Å². The third-order valence-corrected chi connectivity index (χ3v) is 19.7. The summed E-state index contributed by atoms with van der Waals surface area (Å²) < 4.78 is 11.7. The zero-order valence-electron chi connectivity index (χ0n) is 48.1. The third kappa shape index (κ3) is 8.97. The molecule has 0 amide bonds. The van der Waals surface area contributed by atoms with Crippen LogP contribution in [0.2, 0.25) is 0 Å². The SMILES string of the molecule is c1ccc(-n2c3ccc(-c4nc(-c5ccc(-c6cccnc6)cc5)cc(-c5cc6ccccc6s5)n4)cc3c3ccc(-c4ccc5oc6c(-c7nc(-c8ccc(-c9cccc%10ccccc9%10)cc8)cc(-c8cc9ccccc9s8)n7)cccc6c5c4)cc32)cc1. The average molecular weight is 1190 g/mol. The number of rotatable bonds is 10. The quantitative estimate of drug-likeness (QED) is 0.136. The predicted molar refractivity (Wildman–Crippen MR) is 374 cm³/mol. The van der Waals surface area contributed by atoms with Crippen molar-refractivity contribution in [3.05, 3.63) is 291 Å². The molecule has 0 aliphatic rings. The number of hydrogen-bond acceptors (Lipinski definition) is 8. The Morgan fingerprint density at radius 1 is 0.311 bits per heavy atom. The lowest BCUT2D eigenvalue weighted by atomic mass is 9.97. The smallest absolute Gasteiger partial charge is 0.164 e. The van der Waals surface area contributed by atoms with E-state index in [1.165, 1.54) is 36.5 Å². The number of thiophene rings is 2. The predicted octanol–water partition coefficient (Wildman–Crippen LogP) is 22.2. The first-order chi connectivity index (χ1) is 44.5. The van der Waals surface area contributed by atoms with Crippen molar-refractivity contribution in [2.75, 3.05) is 0 Å². The monoisotopic (exact) mass is 1180 g/mol. The third-order valence-electron chi connectivity index (χ3n) is 17.4. The van der Waals surface area contributed by atoms with Gasteiger partial charge in [-0.15, -0.1) is 22.7 Å². The lowest BCUT2D eigenvalue weighted by Crippen LogP contribution is -1.96. The first kappa shape index (κ1) is 51.7. The highest BCUT2D eigenvalue weighted by Crippen LogP contribution is 2.43. The lowest BCUT2D eigenvalue weighted by Gasteiger charge is -2.10. The van der Waals surface area contributed by atoms with E-state index in [1.807, 2.05) is 12.3 Å². The Morgan fingerprint density at radius 3 is 1.61 bits per heavy atom. The van der Waals surface area contributed by atoms with Crippen LogP contribution in [0.15, 0.2) is 296 Å². The molecule has 9 heteroatoms. The number of benzene rings is 11. The highest BCUT2D eigenvalue weighted by Gasteiger charge is 2.22. The lowest BCUT2D eigenvalue weighted by molar-refractivity contribution is 0.669. The van der Waals surface area contributed by atoms with E-state index in [-0.39, 0.29) is 0 Å². The molecule has 0 aliphatic heterocycles. The Labute approximate surface area is 524 Å². The zero-order valence-corrected chi connectivity index (χ0v) is 49.8. The van der Waals surface area contributed by atoms with Gasteiger partial charge in [0.15, 0.2) is 11.6 Å². The molecule has 7 nitrogen and oxygen atoms in total. The Hall–Kier alpha value is -11.5. The molecule has 0 aliphatic carbocycles. The van der Waals surface area contributed by atoms with Gasteiger partial charge in [0.05, 0.1) is 49.1 Å². The summed E-state index contributed by atoms with van der Waals surface area (Å²) in [6, 6.07) is 99.2. The van der Waals surface area contributed by atoms with Crippen LogP contribution in [-0.2, 0) is 0 Å². The van der Waals surface area contributed by atoms with E-state index in [0.29, 0.717) is 11.6 Å². The van der Waals surface area contributed by atoms with Crippen molar-refractivity contribution in [1.82, 2.24) is 29.5 Å². The van der Waals surface area contributed by atoms with E-state index >= 15 is 0 Å². The van der Waals surface area contributed by atoms with Gasteiger partial charge in [-0.25, -0.2) is 19.9 Å². The maximum atomic E-state index is 6.91. The van der Waals surface area contributed by atoms with Crippen LogP contribution in [0.25, 0.3) is 180 Å². The summed E-state index contributed by atoms with van der Waals surface area (Å²) in [7, 11) is 0. The van der Waals surface area contributed by atoms with Gasteiger partial charge in [-0.3, -0.25) is 4.98 Å². The maximum Gasteiger partial charge on any atom is 0.164 e. The Kier molecular flexibility index (Phi) is 12.1. The van der Waals surface area contributed by atoms with E-state index in [9.17, 15) is 0 Å². The summed E-state index contributed by atoms with van der Waals surface area (Å²) in [5.74, 6) is 1.27. The van der Waals surface area contributed by atoms with Crippen molar-refractivity contribution >= 4 is 97.4 Å². The molecular weight excluding hydrogens is 1140 g/mol. The second-order valence-corrected chi connectivity index (χ2v) is 24.9. The maximum absolute atomic E-state index is 6.91. The summed E-state index contributed by atoms with van der Waals surface area (Å²) >= 11 is 3.50. The molecule has 0 fully saturated rings. The summed E-state index contributed by atoms with van der Waals surface area (Å²) in [6.45, 7) is 0. The van der Waals surface area contributed by atoms with Crippen LogP contribution in [0, 0.1) is 0 Å². The van der Waals surface area contributed by atoms with Gasteiger partial charge in [-0.2, -0.15) is 0 Å². The number of hydrogen-bond donors (Lipinski definition) is 0. The molecule has 420 valence electrons. The van der Waals surface area contributed by atoms with Gasteiger partial charge in [-0.1, -0.05) is 182 Å². The van der Waals surface area contributed by atoms with Crippen LogP contribution < -0.4 is 0 Å². The van der Waals surface area contributed by atoms with Gasteiger partial charge in [0.2, 0.25) is 0 Å². The molecule has 7 aromatic heterocycles. The topological polar surface area (TPSA) is 82.5 Å². The van der Waals surface area contributed by atoms with Crippen LogP contribution in [0.5, 0.6) is 0 Å². The fourth-order valence-electron chi connectivity index (χ4n) is 12.9. The molecule has 11 aromatic carbocycles. The van der Waals surface area contributed by atoms with E-state index in [0.717, 1.165) is 132 Å². The van der Waals surface area contributed by atoms with Crippen molar-refractivity contribution < 1.29 is 4.42 Å². The first-order valence-electron chi connectivity index (χ1n) is 30.0. The molecular formula is C81H48N6OS2. The van der Waals surface area contributed by atoms with Crippen molar-refractivity contribution in [3.8, 4) is 106 Å². The second kappa shape index (κ2) is 21.1. The molecule has 0 N–H and O–H groups in total. The summed E-state index contributed by atoms with van der Waals surface area (Å²) in [5, 5.41) is 9.09. The normalized spacial score (nSPS) is 11.8. The minimum atomic E-state index is 0.605. The number of pyridine rings is 1. The van der Waals surface area contributed by atoms with Crippen LogP contribution in [0.1, 0.15) is 0 Å². The summed E-state index contributed by atoms with van der Waals surface area (Å²) in [4.78, 5) is 28.0. The molecule has 7 heterocycles. The molecule has 0 bridgehead atoms. The Balaban J connectivity index is 0.738. The van der Waals surface area contributed by atoms with Crippen molar-refractivity contribution in [2.24, 2.45) is 0 Å². The van der Waals surface area contributed by atoms with Gasteiger partial charge in [0.25, 0.3) is 0 Å². The number of furan rings is 1. The number of para-hydroxylation sites is 2. The Bertz CT molecular complexity index is 5780. The molecule has 18 aromatic rings. The van der Waals surface area contributed by atoms with E-state index in [4.69, 9.17) is 24.4 Å². The highest BCUT2D eigenvalue weighted by molar-refractivity contribution is 7.22. The Morgan fingerprint density at radius 2 is 0.878 bits per heavy atom. The largest absolute Gasteiger partial charge is 0.455 e. The van der Waals surface area contributed by atoms with Gasteiger partial charge < -0.3 is 8.98 Å². The molecule has 0 radical (unpaired) electrons. The van der Waals surface area contributed by atoms with E-state index in [1.54, 1.807) is 28.9 Å². The molecule has 0 unspecified atom stereocenters.